The number of pyridine rings is 1. The predicted molar refractivity (Wildman–Crippen MR) is 72.8 cm³/mol. The van der Waals surface area contributed by atoms with Gasteiger partial charge in [-0.1, -0.05) is 6.07 Å². The number of anilines is 1. The summed E-state index contributed by atoms with van der Waals surface area (Å²) < 4.78 is 31.8. The molecule has 0 saturated carbocycles. The molecule has 2 rings (SSSR count). The first-order valence-corrected chi connectivity index (χ1v) is 7.10. The first-order chi connectivity index (χ1) is 9.03. The first kappa shape index (κ1) is 13.4. The van der Waals surface area contributed by atoms with E-state index in [0.29, 0.717) is 11.6 Å². The molecule has 0 bridgehead atoms. The smallest absolute Gasteiger partial charge is 0.263 e. The summed E-state index contributed by atoms with van der Waals surface area (Å²) >= 11 is 0. The Morgan fingerprint density at radius 2 is 1.84 bits per heavy atom. The van der Waals surface area contributed by atoms with Gasteiger partial charge >= 0.3 is 0 Å². The number of nitrogens with one attached hydrogen (secondary N) is 1. The zero-order chi connectivity index (χ0) is 13.9. The first-order valence-electron chi connectivity index (χ1n) is 5.61. The molecular weight excluding hydrogens is 264 g/mol. The van der Waals surface area contributed by atoms with Gasteiger partial charge in [-0.3, -0.25) is 4.72 Å². The minimum atomic E-state index is -3.63. The van der Waals surface area contributed by atoms with Crippen LogP contribution in [0, 0.1) is 6.92 Å². The Morgan fingerprint density at radius 1 is 1.16 bits per heavy atom. The minimum Gasteiger partial charge on any atom is -0.497 e. The molecule has 0 fully saturated rings. The van der Waals surface area contributed by atoms with Gasteiger partial charge in [0.05, 0.1) is 12.0 Å². The molecule has 6 heteroatoms. The van der Waals surface area contributed by atoms with E-state index in [1.54, 1.807) is 37.4 Å². The van der Waals surface area contributed by atoms with Gasteiger partial charge in [0, 0.05) is 6.20 Å². The molecule has 0 radical (unpaired) electrons. The van der Waals surface area contributed by atoms with Crippen molar-refractivity contribution in [2.45, 2.75) is 11.8 Å². The van der Waals surface area contributed by atoms with E-state index >= 15 is 0 Å². The Kier molecular flexibility index (Phi) is 3.71. The third-order valence-corrected chi connectivity index (χ3v) is 3.97. The largest absolute Gasteiger partial charge is 0.497 e. The third-order valence-electron chi connectivity index (χ3n) is 2.61. The molecule has 0 unspecified atom stereocenters. The zero-order valence-corrected chi connectivity index (χ0v) is 11.4. The van der Waals surface area contributed by atoms with Crippen LogP contribution in [-0.2, 0) is 10.0 Å². The number of hydrogen-bond donors (Lipinski definition) is 1. The van der Waals surface area contributed by atoms with Crippen molar-refractivity contribution in [3.05, 3.63) is 48.2 Å². The van der Waals surface area contributed by atoms with Crippen molar-refractivity contribution in [2.75, 3.05) is 11.8 Å². The standard InChI is InChI=1S/C13H14N2O3S/c1-10-4-3-9-14-13(10)15-19(16,17)12-7-5-11(18-2)6-8-12/h3-9H,1-2H3,(H,14,15). The highest BCUT2D eigenvalue weighted by atomic mass is 32.2. The van der Waals surface area contributed by atoms with Crippen LogP contribution in [0.25, 0.3) is 0 Å². The number of aromatic nitrogens is 1. The van der Waals surface area contributed by atoms with Gasteiger partial charge in [0.1, 0.15) is 11.6 Å². The molecule has 2 aromatic rings. The molecule has 0 spiro atoms. The highest BCUT2D eigenvalue weighted by Gasteiger charge is 2.15. The molecule has 0 amide bonds. The molecule has 5 nitrogen and oxygen atoms in total. The van der Waals surface area contributed by atoms with Crippen molar-refractivity contribution in [2.24, 2.45) is 0 Å². The van der Waals surface area contributed by atoms with E-state index in [0.717, 1.165) is 5.56 Å². The van der Waals surface area contributed by atoms with Crippen LogP contribution in [-0.4, -0.2) is 20.5 Å². The van der Waals surface area contributed by atoms with Gasteiger partial charge in [-0.2, -0.15) is 0 Å². The monoisotopic (exact) mass is 278 g/mol. The quantitative estimate of drug-likeness (QED) is 0.931. The number of rotatable bonds is 4. The maximum Gasteiger partial charge on any atom is 0.263 e. The maximum atomic E-state index is 12.2. The molecule has 0 saturated heterocycles. The summed E-state index contributed by atoms with van der Waals surface area (Å²) in [6.07, 6.45) is 1.54. The molecule has 1 N–H and O–H groups in total. The highest BCUT2D eigenvalue weighted by Crippen LogP contribution is 2.19. The van der Waals surface area contributed by atoms with E-state index in [9.17, 15) is 8.42 Å². The average Bonchev–Trinajstić information content (AvgIpc) is 2.41. The van der Waals surface area contributed by atoms with E-state index < -0.39 is 10.0 Å². The molecule has 0 aliphatic heterocycles. The molecule has 1 heterocycles. The van der Waals surface area contributed by atoms with Crippen molar-refractivity contribution in [1.29, 1.82) is 0 Å². The molecule has 19 heavy (non-hydrogen) atoms. The Morgan fingerprint density at radius 3 is 2.42 bits per heavy atom. The molecule has 0 atom stereocenters. The van der Waals surface area contributed by atoms with Gasteiger partial charge in [0.15, 0.2) is 0 Å². The number of nitrogens with zero attached hydrogens (tertiary/aromatic N) is 1. The van der Waals surface area contributed by atoms with E-state index in [1.807, 2.05) is 0 Å². The number of sulfonamides is 1. The fraction of sp³-hybridized carbons (Fsp3) is 0.154. The van der Waals surface area contributed by atoms with Crippen LogP contribution < -0.4 is 9.46 Å². The summed E-state index contributed by atoms with van der Waals surface area (Å²) in [5.74, 6) is 0.936. The summed E-state index contributed by atoms with van der Waals surface area (Å²) in [5.41, 5.74) is 0.764. The van der Waals surface area contributed by atoms with Gasteiger partial charge < -0.3 is 4.74 Å². The van der Waals surface area contributed by atoms with E-state index in [4.69, 9.17) is 4.74 Å². The summed E-state index contributed by atoms with van der Waals surface area (Å²) in [7, 11) is -2.10. The lowest BCUT2D eigenvalue weighted by molar-refractivity contribution is 0.414. The van der Waals surface area contributed by atoms with Crippen LogP contribution in [0.4, 0.5) is 5.82 Å². The van der Waals surface area contributed by atoms with Crippen LogP contribution in [0.3, 0.4) is 0 Å². The van der Waals surface area contributed by atoms with Gasteiger partial charge in [0.2, 0.25) is 0 Å². The van der Waals surface area contributed by atoms with Crippen molar-refractivity contribution in [3.63, 3.8) is 0 Å². The number of methoxy groups -OCH3 is 1. The molecule has 0 aliphatic rings. The lowest BCUT2D eigenvalue weighted by atomic mass is 10.3. The predicted octanol–water partition coefficient (Wildman–Crippen LogP) is 2.20. The Bertz CT molecular complexity index is 667. The van der Waals surface area contributed by atoms with E-state index in [-0.39, 0.29) is 4.90 Å². The molecule has 1 aromatic heterocycles. The zero-order valence-electron chi connectivity index (χ0n) is 10.6. The second-order valence-electron chi connectivity index (χ2n) is 3.95. The van der Waals surface area contributed by atoms with E-state index in [1.165, 1.54) is 19.2 Å². The Balaban J connectivity index is 2.30. The number of hydrogen-bond acceptors (Lipinski definition) is 4. The Hall–Kier alpha value is -2.08. The normalized spacial score (nSPS) is 11.1. The topological polar surface area (TPSA) is 68.3 Å². The Labute approximate surface area is 112 Å². The lowest BCUT2D eigenvalue weighted by Gasteiger charge is -2.09. The summed E-state index contributed by atoms with van der Waals surface area (Å²) in [6.45, 7) is 1.79. The van der Waals surface area contributed by atoms with Crippen molar-refractivity contribution in [3.8, 4) is 5.75 Å². The van der Waals surface area contributed by atoms with E-state index in [2.05, 4.69) is 9.71 Å². The van der Waals surface area contributed by atoms with Gasteiger partial charge in [-0.05, 0) is 42.8 Å². The third kappa shape index (κ3) is 3.03. The molecular formula is C13H14N2O3S. The summed E-state index contributed by atoms with van der Waals surface area (Å²) in [6, 6.07) is 9.71. The van der Waals surface area contributed by atoms with Gasteiger partial charge in [-0.25, -0.2) is 13.4 Å². The molecule has 100 valence electrons. The number of aryl methyl sites for hydroxylation is 1. The fourth-order valence-electron chi connectivity index (χ4n) is 1.53. The number of ether oxygens (including phenoxy) is 1. The van der Waals surface area contributed by atoms with Gasteiger partial charge in [0.25, 0.3) is 10.0 Å². The van der Waals surface area contributed by atoms with Gasteiger partial charge in [-0.15, -0.1) is 0 Å². The summed E-state index contributed by atoms with van der Waals surface area (Å²) in [5, 5.41) is 0. The second-order valence-corrected chi connectivity index (χ2v) is 5.63. The van der Waals surface area contributed by atoms with Crippen LogP contribution >= 0.6 is 0 Å². The van der Waals surface area contributed by atoms with Crippen LogP contribution in [0.15, 0.2) is 47.5 Å². The van der Waals surface area contributed by atoms with Crippen LogP contribution in [0.2, 0.25) is 0 Å². The molecule has 0 aliphatic carbocycles. The van der Waals surface area contributed by atoms with Crippen molar-refractivity contribution >= 4 is 15.8 Å². The van der Waals surface area contributed by atoms with Crippen LogP contribution in [0.5, 0.6) is 5.75 Å². The fourth-order valence-corrected chi connectivity index (χ4v) is 2.61. The maximum absolute atomic E-state index is 12.2. The lowest BCUT2D eigenvalue weighted by Crippen LogP contribution is -2.14. The number of benzene rings is 1. The SMILES string of the molecule is COc1ccc(S(=O)(=O)Nc2ncccc2C)cc1. The summed E-state index contributed by atoms with van der Waals surface area (Å²) in [4.78, 5) is 4.17. The average molecular weight is 278 g/mol. The highest BCUT2D eigenvalue weighted by molar-refractivity contribution is 7.92. The second kappa shape index (κ2) is 5.27. The van der Waals surface area contributed by atoms with Crippen LogP contribution in [0.1, 0.15) is 5.56 Å². The minimum absolute atomic E-state index is 0.165. The molecule has 1 aromatic carbocycles. The van der Waals surface area contributed by atoms with Crippen molar-refractivity contribution < 1.29 is 13.2 Å². The van der Waals surface area contributed by atoms with Crippen molar-refractivity contribution in [1.82, 2.24) is 4.98 Å².